The SMILES string of the molecule is CCOc1ccc2cc(C(=O)N(C)Cc3ccccc3C(F)(F)F)[nH]c2c1. The predicted octanol–water partition coefficient (Wildman–Crippen LogP) is 4.86. The quantitative estimate of drug-likeness (QED) is 0.691. The van der Waals surface area contributed by atoms with Crippen LogP contribution in [0.25, 0.3) is 10.9 Å². The Morgan fingerprint density at radius 1 is 1.15 bits per heavy atom. The summed E-state index contributed by atoms with van der Waals surface area (Å²) >= 11 is 0. The van der Waals surface area contributed by atoms with Gasteiger partial charge in [-0.2, -0.15) is 13.2 Å². The maximum atomic E-state index is 13.1. The van der Waals surface area contributed by atoms with Gasteiger partial charge in [-0.3, -0.25) is 4.79 Å². The molecule has 0 aliphatic rings. The summed E-state index contributed by atoms with van der Waals surface area (Å²) in [4.78, 5) is 16.9. The zero-order valence-corrected chi connectivity index (χ0v) is 14.9. The monoisotopic (exact) mass is 376 g/mol. The number of H-pyrrole nitrogens is 1. The highest BCUT2D eigenvalue weighted by molar-refractivity contribution is 5.98. The van der Waals surface area contributed by atoms with Crippen molar-refractivity contribution in [3.05, 3.63) is 65.4 Å². The van der Waals surface area contributed by atoms with Crippen LogP contribution in [-0.4, -0.2) is 29.4 Å². The molecule has 2 aromatic carbocycles. The summed E-state index contributed by atoms with van der Waals surface area (Å²) in [5, 5.41) is 0.825. The molecule has 1 aromatic heterocycles. The van der Waals surface area contributed by atoms with Crippen LogP contribution in [0.2, 0.25) is 0 Å². The highest BCUT2D eigenvalue weighted by Gasteiger charge is 2.33. The average Bonchev–Trinajstić information content (AvgIpc) is 3.04. The maximum absolute atomic E-state index is 13.1. The lowest BCUT2D eigenvalue weighted by atomic mass is 10.1. The van der Waals surface area contributed by atoms with Gasteiger partial charge < -0.3 is 14.6 Å². The molecule has 0 radical (unpaired) electrons. The number of nitrogens with zero attached hydrogens (tertiary/aromatic N) is 1. The predicted molar refractivity (Wildman–Crippen MR) is 96.7 cm³/mol. The Morgan fingerprint density at radius 2 is 1.89 bits per heavy atom. The summed E-state index contributed by atoms with van der Waals surface area (Å²) in [7, 11) is 1.48. The van der Waals surface area contributed by atoms with Crippen molar-refractivity contribution in [2.24, 2.45) is 0 Å². The Morgan fingerprint density at radius 3 is 2.59 bits per heavy atom. The Kier molecular flexibility index (Phi) is 5.12. The smallest absolute Gasteiger partial charge is 0.416 e. The zero-order chi connectivity index (χ0) is 19.6. The van der Waals surface area contributed by atoms with Crippen molar-refractivity contribution in [3.63, 3.8) is 0 Å². The molecule has 1 amide bonds. The molecule has 0 aliphatic carbocycles. The molecule has 0 saturated carbocycles. The molecular weight excluding hydrogens is 357 g/mol. The number of fused-ring (bicyclic) bond motifs is 1. The fourth-order valence-electron chi connectivity index (χ4n) is 2.95. The van der Waals surface area contributed by atoms with Crippen LogP contribution >= 0.6 is 0 Å². The zero-order valence-electron chi connectivity index (χ0n) is 14.9. The highest BCUT2D eigenvalue weighted by atomic mass is 19.4. The number of alkyl halides is 3. The summed E-state index contributed by atoms with van der Waals surface area (Å²) in [6.45, 7) is 2.26. The molecule has 1 N–H and O–H groups in total. The number of amides is 1. The summed E-state index contributed by atoms with van der Waals surface area (Å²) in [5.41, 5.74) is 0.359. The Balaban J connectivity index is 1.83. The van der Waals surface area contributed by atoms with Crippen LogP contribution in [0, 0.1) is 0 Å². The van der Waals surface area contributed by atoms with Crippen molar-refractivity contribution in [1.82, 2.24) is 9.88 Å². The lowest BCUT2D eigenvalue weighted by Gasteiger charge is -2.19. The van der Waals surface area contributed by atoms with Gasteiger partial charge in [0.25, 0.3) is 5.91 Å². The van der Waals surface area contributed by atoms with E-state index >= 15 is 0 Å². The van der Waals surface area contributed by atoms with Gasteiger partial charge in [0.1, 0.15) is 11.4 Å². The molecule has 0 aliphatic heterocycles. The molecule has 0 spiro atoms. The van der Waals surface area contributed by atoms with Gasteiger partial charge in [-0.1, -0.05) is 18.2 Å². The van der Waals surface area contributed by atoms with E-state index in [1.807, 2.05) is 13.0 Å². The van der Waals surface area contributed by atoms with Gasteiger partial charge in [0.2, 0.25) is 0 Å². The first-order valence-electron chi connectivity index (χ1n) is 8.45. The molecule has 0 saturated heterocycles. The van der Waals surface area contributed by atoms with Crippen LogP contribution in [0.1, 0.15) is 28.5 Å². The Labute approximate surface area is 154 Å². The summed E-state index contributed by atoms with van der Waals surface area (Å²) < 4.78 is 44.9. The lowest BCUT2D eigenvalue weighted by molar-refractivity contribution is -0.138. The van der Waals surface area contributed by atoms with E-state index in [2.05, 4.69) is 4.98 Å². The van der Waals surface area contributed by atoms with E-state index in [0.29, 0.717) is 18.1 Å². The van der Waals surface area contributed by atoms with Crippen LogP contribution in [0.3, 0.4) is 0 Å². The number of carbonyl (C=O) groups is 1. The molecule has 7 heteroatoms. The van der Waals surface area contributed by atoms with Gasteiger partial charge in [-0.25, -0.2) is 0 Å². The van der Waals surface area contributed by atoms with Crippen LogP contribution in [-0.2, 0) is 12.7 Å². The minimum atomic E-state index is -4.46. The number of aromatic nitrogens is 1. The van der Waals surface area contributed by atoms with E-state index in [1.54, 1.807) is 18.2 Å². The van der Waals surface area contributed by atoms with Crippen molar-refractivity contribution in [2.45, 2.75) is 19.6 Å². The lowest BCUT2D eigenvalue weighted by Crippen LogP contribution is -2.27. The molecule has 0 unspecified atom stereocenters. The number of aromatic amines is 1. The van der Waals surface area contributed by atoms with E-state index in [9.17, 15) is 18.0 Å². The van der Waals surface area contributed by atoms with Crippen molar-refractivity contribution < 1.29 is 22.7 Å². The van der Waals surface area contributed by atoms with Gasteiger partial charge in [-0.05, 0) is 36.8 Å². The highest BCUT2D eigenvalue weighted by Crippen LogP contribution is 2.32. The number of nitrogens with one attached hydrogen (secondary N) is 1. The summed E-state index contributed by atoms with van der Waals surface area (Å²) in [5.74, 6) is 0.291. The third kappa shape index (κ3) is 4.07. The first kappa shape index (κ1) is 18.8. The number of benzene rings is 2. The van der Waals surface area contributed by atoms with Gasteiger partial charge in [0.05, 0.1) is 12.2 Å². The minimum Gasteiger partial charge on any atom is -0.494 e. The van der Waals surface area contributed by atoms with Crippen molar-refractivity contribution in [2.75, 3.05) is 13.7 Å². The Hall–Kier alpha value is -2.96. The van der Waals surface area contributed by atoms with Crippen molar-refractivity contribution in [1.29, 1.82) is 0 Å². The molecule has 3 aromatic rings. The van der Waals surface area contributed by atoms with Gasteiger partial charge in [0.15, 0.2) is 0 Å². The largest absolute Gasteiger partial charge is 0.494 e. The third-order valence-electron chi connectivity index (χ3n) is 4.21. The number of rotatable bonds is 5. The van der Waals surface area contributed by atoms with Crippen LogP contribution in [0.5, 0.6) is 5.75 Å². The molecule has 0 bridgehead atoms. The summed E-state index contributed by atoms with van der Waals surface area (Å²) in [6.07, 6.45) is -4.46. The summed E-state index contributed by atoms with van der Waals surface area (Å²) in [6, 6.07) is 12.4. The average molecular weight is 376 g/mol. The molecule has 4 nitrogen and oxygen atoms in total. The molecule has 142 valence electrons. The number of hydrogen-bond acceptors (Lipinski definition) is 2. The standard InChI is InChI=1S/C20H19F3N2O2/c1-3-27-15-9-8-13-10-18(24-17(13)11-15)19(26)25(2)12-14-6-4-5-7-16(14)20(21,22)23/h4-11,24H,3,12H2,1-2H3. The van der Waals surface area contributed by atoms with E-state index in [0.717, 1.165) is 17.0 Å². The molecule has 27 heavy (non-hydrogen) atoms. The molecule has 3 rings (SSSR count). The first-order chi connectivity index (χ1) is 12.8. The van der Waals surface area contributed by atoms with Crippen LogP contribution < -0.4 is 4.74 Å². The second kappa shape index (κ2) is 7.34. The minimum absolute atomic E-state index is 0.0515. The number of halogens is 3. The normalized spacial score (nSPS) is 11.6. The number of carbonyl (C=O) groups excluding carboxylic acids is 1. The van der Waals surface area contributed by atoms with E-state index < -0.39 is 11.7 Å². The molecule has 0 fully saturated rings. The van der Waals surface area contributed by atoms with Crippen LogP contribution in [0.15, 0.2) is 48.5 Å². The second-order valence-corrected chi connectivity index (χ2v) is 6.18. The number of ether oxygens (including phenoxy) is 1. The molecule has 1 heterocycles. The van der Waals surface area contributed by atoms with Crippen LogP contribution in [0.4, 0.5) is 13.2 Å². The van der Waals surface area contributed by atoms with Gasteiger partial charge in [0, 0.05) is 30.6 Å². The fraction of sp³-hybridized carbons (Fsp3) is 0.250. The third-order valence-corrected chi connectivity index (χ3v) is 4.21. The van der Waals surface area contributed by atoms with Crippen molar-refractivity contribution >= 4 is 16.8 Å². The fourth-order valence-corrected chi connectivity index (χ4v) is 2.95. The number of hydrogen-bond donors (Lipinski definition) is 1. The maximum Gasteiger partial charge on any atom is 0.416 e. The van der Waals surface area contributed by atoms with E-state index in [4.69, 9.17) is 4.74 Å². The first-order valence-corrected chi connectivity index (χ1v) is 8.45. The second-order valence-electron chi connectivity index (χ2n) is 6.18. The molecular formula is C20H19F3N2O2. The van der Waals surface area contributed by atoms with Gasteiger partial charge in [-0.15, -0.1) is 0 Å². The topological polar surface area (TPSA) is 45.3 Å². The Bertz CT molecular complexity index is 963. The van der Waals surface area contributed by atoms with E-state index in [-0.39, 0.29) is 18.0 Å². The van der Waals surface area contributed by atoms with Crippen molar-refractivity contribution in [3.8, 4) is 5.75 Å². The molecule has 0 atom stereocenters. The van der Waals surface area contributed by atoms with Gasteiger partial charge >= 0.3 is 6.18 Å². The van der Waals surface area contributed by atoms with E-state index in [1.165, 1.54) is 30.1 Å².